The van der Waals surface area contributed by atoms with Crippen molar-refractivity contribution >= 4 is 5.96 Å². The van der Waals surface area contributed by atoms with Crippen molar-refractivity contribution in [1.29, 1.82) is 0 Å². The summed E-state index contributed by atoms with van der Waals surface area (Å²) in [6.45, 7) is 9.34. The predicted octanol–water partition coefficient (Wildman–Crippen LogP) is 1.36. The minimum atomic E-state index is 0.0976. The number of rotatable bonds is 7. The van der Waals surface area contributed by atoms with Crippen molar-refractivity contribution in [2.45, 2.75) is 40.0 Å². The van der Waals surface area contributed by atoms with E-state index in [1.807, 2.05) is 0 Å². The van der Waals surface area contributed by atoms with E-state index in [1.165, 1.54) is 0 Å². The third kappa shape index (κ3) is 5.39. The molecule has 0 aliphatic heterocycles. The molecule has 0 atom stereocenters. The van der Waals surface area contributed by atoms with E-state index in [4.69, 9.17) is 0 Å². The van der Waals surface area contributed by atoms with Crippen molar-refractivity contribution in [1.82, 2.24) is 10.6 Å². The second-order valence-corrected chi connectivity index (χ2v) is 5.46. The maximum absolute atomic E-state index is 9.24. The van der Waals surface area contributed by atoms with Gasteiger partial charge < -0.3 is 15.7 Å². The Kier molecular flexibility index (Phi) is 5.75. The monoisotopic (exact) mass is 241 g/mol. The van der Waals surface area contributed by atoms with Gasteiger partial charge in [-0.2, -0.15) is 0 Å². The number of guanidine groups is 1. The second-order valence-electron chi connectivity index (χ2n) is 5.46. The molecule has 1 fully saturated rings. The van der Waals surface area contributed by atoms with Gasteiger partial charge in [0.15, 0.2) is 5.96 Å². The summed E-state index contributed by atoms with van der Waals surface area (Å²) in [5.41, 5.74) is 0.0976. The van der Waals surface area contributed by atoms with Crippen LogP contribution in [0.1, 0.15) is 40.0 Å². The molecule has 0 radical (unpaired) electrons. The van der Waals surface area contributed by atoms with Gasteiger partial charge in [0.2, 0.25) is 0 Å². The van der Waals surface area contributed by atoms with Crippen LogP contribution in [0.15, 0.2) is 4.99 Å². The SMILES string of the molecule is CCNC(=NCC1(CO)CC1)NCCC(C)C. The summed E-state index contributed by atoms with van der Waals surface area (Å²) in [7, 11) is 0. The second kappa shape index (κ2) is 6.84. The highest BCUT2D eigenvalue weighted by Gasteiger charge is 2.41. The summed E-state index contributed by atoms with van der Waals surface area (Å²) in [4.78, 5) is 4.55. The quantitative estimate of drug-likeness (QED) is 0.466. The first-order valence-electron chi connectivity index (χ1n) is 6.75. The van der Waals surface area contributed by atoms with Crippen LogP contribution < -0.4 is 10.6 Å². The maximum atomic E-state index is 9.24. The summed E-state index contributed by atoms with van der Waals surface area (Å²) in [5, 5.41) is 15.8. The first kappa shape index (κ1) is 14.3. The Morgan fingerprint density at radius 1 is 1.35 bits per heavy atom. The van der Waals surface area contributed by atoms with Crippen molar-refractivity contribution in [2.24, 2.45) is 16.3 Å². The minimum absolute atomic E-state index is 0.0976. The largest absolute Gasteiger partial charge is 0.396 e. The lowest BCUT2D eigenvalue weighted by atomic mass is 10.1. The molecule has 0 aromatic heterocycles. The fraction of sp³-hybridized carbons (Fsp3) is 0.923. The molecule has 100 valence electrons. The van der Waals surface area contributed by atoms with Crippen molar-refractivity contribution in [2.75, 3.05) is 26.2 Å². The predicted molar refractivity (Wildman–Crippen MR) is 72.2 cm³/mol. The van der Waals surface area contributed by atoms with Crippen molar-refractivity contribution in [3.05, 3.63) is 0 Å². The van der Waals surface area contributed by atoms with E-state index in [9.17, 15) is 5.11 Å². The number of hydrogen-bond donors (Lipinski definition) is 3. The molecule has 1 aliphatic rings. The Hall–Kier alpha value is -0.770. The Labute approximate surface area is 105 Å². The van der Waals surface area contributed by atoms with E-state index >= 15 is 0 Å². The van der Waals surface area contributed by atoms with Crippen molar-refractivity contribution < 1.29 is 5.11 Å². The molecular weight excluding hydrogens is 214 g/mol. The van der Waals surface area contributed by atoms with Crippen LogP contribution in [0.4, 0.5) is 0 Å². The lowest BCUT2D eigenvalue weighted by molar-refractivity contribution is 0.217. The van der Waals surface area contributed by atoms with Gasteiger partial charge in [-0.3, -0.25) is 4.99 Å². The molecule has 0 saturated heterocycles. The van der Waals surface area contributed by atoms with Gasteiger partial charge in [0.25, 0.3) is 0 Å². The molecule has 1 aliphatic carbocycles. The van der Waals surface area contributed by atoms with E-state index < -0.39 is 0 Å². The number of aliphatic hydroxyl groups excluding tert-OH is 1. The first-order chi connectivity index (χ1) is 8.12. The van der Waals surface area contributed by atoms with E-state index in [2.05, 4.69) is 36.4 Å². The normalized spacial score (nSPS) is 18.3. The summed E-state index contributed by atoms with van der Waals surface area (Å²) >= 11 is 0. The number of hydrogen-bond acceptors (Lipinski definition) is 2. The summed E-state index contributed by atoms with van der Waals surface area (Å²) < 4.78 is 0. The summed E-state index contributed by atoms with van der Waals surface area (Å²) in [5.74, 6) is 1.59. The summed E-state index contributed by atoms with van der Waals surface area (Å²) in [6.07, 6.45) is 3.37. The molecule has 4 nitrogen and oxygen atoms in total. The molecule has 0 heterocycles. The molecule has 0 aromatic carbocycles. The van der Waals surface area contributed by atoms with Gasteiger partial charge >= 0.3 is 0 Å². The minimum Gasteiger partial charge on any atom is -0.396 e. The molecule has 0 spiro atoms. The van der Waals surface area contributed by atoms with E-state index in [1.54, 1.807) is 0 Å². The van der Waals surface area contributed by atoms with Gasteiger partial charge in [0, 0.05) is 18.5 Å². The molecule has 3 N–H and O–H groups in total. The maximum Gasteiger partial charge on any atom is 0.191 e. The molecular formula is C13H27N3O. The number of aliphatic imine (C=N–C) groups is 1. The third-order valence-electron chi connectivity index (χ3n) is 3.22. The van der Waals surface area contributed by atoms with Gasteiger partial charge in [-0.15, -0.1) is 0 Å². The standard InChI is InChI=1S/C13H27N3O/c1-4-14-12(15-8-5-11(2)3)16-9-13(10-17)6-7-13/h11,17H,4-10H2,1-3H3,(H2,14,15,16). The first-order valence-corrected chi connectivity index (χ1v) is 6.75. The highest BCUT2D eigenvalue weighted by Crippen LogP contribution is 2.45. The highest BCUT2D eigenvalue weighted by atomic mass is 16.3. The Morgan fingerprint density at radius 2 is 2.06 bits per heavy atom. The molecule has 0 bridgehead atoms. The lowest BCUT2D eigenvalue weighted by Crippen LogP contribution is -2.38. The van der Waals surface area contributed by atoms with Crippen LogP contribution in [0.2, 0.25) is 0 Å². The number of nitrogens with zero attached hydrogens (tertiary/aromatic N) is 1. The third-order valence-corrected chi connectivity index (χ3v) is 3.22. The fourth-order valence-electron chi connectivity index (χ4n) is 1.61. The van der Waals surface area contributed by atoms with Crippen LogP contribution in [-0.4, -0.2) is 37.3 Å². The topological polar surface area (TPSA) is 56.7 Å². The lowest BCUT2D eigenvalue weighted by Gasteiger charge is -2.14. The Morgan fingerprint density at radius 3 is 2.53 bits per heavy atom. The van der Waals surface area contributed by atoms with Crippen LogP contribution in [0, 0.1) is 11.3 Å². The number of nitrogens with one attached hydrogen (secondary N) is 2. The van der Waals surface area contributed by atoms with E-state index in [0.29, 0.717) is 5.92 Å². The van der Waals surface area contributed by atoms with Crippen LogP contribution in [0.5, 0.6) is 0 Å². The molecule has 0 aromatic rings. The van der Waals surface area contributed by atoms with E-state index in [0.717, 1.165) is 44.9 Å². The van der Waals surface area contributed by atoms with Crippen LogP contribution >= 0.6 is 0 Å². The van der Waals surface area contributed by atoms with Gasteiger partial charge in [-0.1, -0.05) is 13.8 Å². The van der Waals surface area contributed by atoms with Crippen molar-refractivity contribution in [3.8, 4) is 0 Å². The fourth-order valence-corrected chi connectivity index (χ4v) is 1.61. The molecule has 1 rings (SSSR count). The zero-order valence-electron chi connectivity index (χ0n) is 11.4. The van der Waals surface area contributed by atoms with Crippen molar-refractivity contribution in [3.63, 3.8) is 0 Å². The van der Waals surface area contributed by atoms with Gasteiger partial charge in [0.05, 0.1) is 13.2 Å². The van der Waals surface area contributed by atoms with E-state index in [-0.39, 0.29) is 12.0 Å². The summed E-state index contributed by atoms with van der Waals surface area (Å²) in [6, 6.07) is 0. The molecule has 1 saturated carbocycles. The van der Waals surface area contributed by atoms with Gasteiger partial charge in [-0.05, 0) is 32.1 Å². The smallest absolute Gasteiger partial charge is 0.191 e. The highest BCUT2D eigenvalue weighted by molar-refractivity contribution is 5.79. The molecule has 4 heteroatoms. The molecule has 0 unspecified atom stereocenters. The zero-order valence-corrected chi connectivity index (χ0v) is 11.4. The number of aliphatic hydroxyl groups is 1. The molecule has 17 heavy (non-hydrogen) atoms. The average molecular weight is 241 g/mol. The Bertz CT molecular complexity index is 247. The zero-order chi connectivity index (χ0) is 12.7. The Balaban J connectivity index is 2.33. The average Bonchev–Trinajstić information content (AvgIpc) is 3.06. The van der Waals surface area contributed by atoms with Gasteiger partial charge in [-0.25, -0.2) is 0 Å². The van der Waals surface area contributed by atoms with Crippen LogP contribution in [0.3, 0.4) is 0 Å². The molecule has 0 amide bonds. The van der Waals surface area contributed by atoms with Crippen LogP contribution in [-0.2, 0) is 0 Å². The van der Waals surface area contributed by atoms with Crippen LogP contribution in [0.25, 0.3) is 0 Å². The van der Waals surface area contributed by atoms with Gasteiger partial charge in [0.1, 0.15) is 0 Å².